The van der Waals surface area contributed by atoms with Crippen molar-refractivity contribution in [3.05, 3.63) is 71.5 Å². The van der Waals surface area contributed by atoms with E-state index in [9.17, 15) is 26.0 Å². The summed E-state index contributed by atoms with van der Waals surface area (Å²) in [4.78, 5) is 0. The number of benzene rings is 2. The quantitative estimate of drug-likeness (QED) is 0.724. The van der Waals surface area contributed by atoms with Gasteiger partial charge in [-0.1, -0.05) is 42.5 Å². The monoisotopic (exact) mass is 375 g/mol. The van der Waals surface area contributed by atoms with Crippen LogP contribution in [0.2, 0.25) is 0 Å². The molecule has 0 spiro atoms. The maximum atomic E-state index is 13.5. The number of rotatable bonds is 5. The average molecular weight is 375 g/mol. The van der Waals surface area contributed by atoms with Gasteiger partial charge < -0.3 is 0 Å². The van der Waals surface area contributed by atoms with Gasteiger partial charge >= 0.3 is 6.18 Å². The van der Waals surface area contributed by atoms with Crippen LogP contribution < -0.4 is 0 Å². The van der Waals surface area contributed by atoms with Crippen LogP contribution in [0, 0.1) is 5.82 Å². The third kappa shape index (κ3) is 4.19. The molecule has 0 aliphatic carbocycles. The fraction of sp³-hybridized carbons (Fsp3) is 0.294. The molecule has 0 aromatic heterocycles. The van der Waals surface area contributed by atoms with E-state index in [1.54, 1.807) is 0 Å². The highest BCUT2D eigenvalue weighted by molar-refractivity contribution is 7.89. The molecule has 2 aromatic rings. The Kier molecular flexibility index (Phi) is 5.53. The van der Waals surface area contributed by atoms with Gasteiger partial charge in [-0.2, -0.15) is 17.5 Å². The molecule has 2 rings (SSSR count). The van der Waals surface area contributed by atoms with Gasteiger partial charge in [-0.25, -0.2) is 12.8 Å². The summed E-state index contributed by atoms with van der Waals surface area (Å²) >= 11 is 0. The van der Waals surface area contributed by atoms with Crippen molar-refractivity contribution in [2.75, 3.05) is 7.05 Å². The maximum Gasteiger partial charge on any atom is 0.410 e. The first kappa shape index (κ1) is 19.4. The lowest BCUT2D eigenvalue weighted by molar-refractivity contribution is -0.132. The molecule has 0 heterocycles. The van der Waals surface area contributed by atoms with Crippen molar-refractivity contribution in [2.45, 2.75) is 24.4 Å². The fourth-order valence-corrected chi connectivity index (χ4v) is 4.23. The van der Waals surface area contributed by atoms with E-state index in [1.807, 2.05) is 0 Å². The lowest BCUT2D eigenvalue weighted by atomic mass is 10.1. The minimum absolute atomic E-state index is 0.354. The molecule has 0 fully saturated rings. The minimum Gasteiger partial charge on any atom is -0.211 e. The van der Waals surface area contributed by atoms with Crippen LogP contribution in [0.1, 0.15) is 29.3 Å². The van der Waals surface area contributed by atoms with E-state index in [4.69, 9.17) is 0 Å². The lowest BCUT2D eigenvalue weighted by Crippen LogP contribution is -2.39. The Morgan fingerprint density at radius 2 is 1.44 bits per heavy atom. The molecule has 25 heavy (non-hydrogen) atoms. The van der Waals surface area contributed by atoms with E-state index in [-0.39, 0.29) is 5.56 Å². The van der Waals surface area contributed by atoms with Crippen molar-refractivity contribution in [3.63, 3.8) is 0 Å². The third-order valence-electron chi connectivity index (χ3n) is 4.00. The standard InChI is InChI=1S/C17H17F4NO2S/c1-12(13-8-10-15(18)11-9-13)22(2)25(23,24)16(17(19,20)21)14-6-4-3-5-7-14/h3-12,16H,1-2H3. The Balaban J connectivity index is 2.44. The largest absolute Gasteiger partial charge is 0.410 e. The molecule has 0 amide bonds. The summed E-state index contributed by atoms with van der Waals surface area (Å²) in [5.74, 6) is -0.515. The van der Waals surface area contributed by atoms with Crippen molar-refractivity contribution in [3.8, 4) is 0 Å². The van der Waals surface area contributed by atoms with Crippen molar-refractivity contribution in [2.24, 2.45) is 0 Å². The van der Waals surface area contributed by atoms with Gasteiger partial charge in [0, 0.05) is 13.1 Å². The first-order chi connectivity index (χ1) is 11.5. The Bertz CT molecular complexity index is 805. The van der Waals surface area contributed by atoms with Crippen LogP contribution >= 0.6 is 0 Å². The predicted octanol–water partition coefficient (Wildman–Crippen LogP) is 4.45. The van der Waals surface area contributed by atoms with Crippen molar-refractivity contribution in [1.82, 2.24) is 4.31 Å². The summed E-state index contributed by atoms with van der Waals surface area (Å²) < 4.78 is 79.6. The van der Waals surface area contributed by atoms with E-state index in [0.717, 1.165) is 31.3 Å². The van der Waals surface area contributed by atoms with Gasteiger partial charge in [0.2, 0.25) is 10.0 Å². The van der Waals surface area contributed by atoms with Gasteiger partial charge in [0.15, 0.2) is 5.25 Å². The van der Waals surface area contributed by atoms with E-state index in [1.165, 1.54) is 37.3 Å². The fourth-order valence-electron chi connectivity index (χ4n) is 2.50. The van der Waals surface area contributed by atoms with Gasteiger partial charge in [0.25, 0.3) is 0 Å². The molecule has 3 nitrogen and oxygen atoms in total. The van der Waals surface area contributed by atoms with Gasteiger partial charge in [-0.3, -0.25) is 0 Å². The van der Waals surface area contributed by atoms with E-state index in [2.05, 4.69) is 0 Å². The molecule has 2 atom stereocenters. The van der Waals surface area contributed by atoms with Crippen LogP contribution in [0.5, 0.6) is 0 Å². The van der Waals surface area contributed by atoms with Crippen molar-refractivity contribution >= 4 is 10.0 Å². The number of alkyl halides is 3. The first-order valence-electron chi connectivity index (χ1n) is 7.39. The second-order valence-electron chi connectivity index (χ2n) is 5.62. The number of hydrogen-bond acceptors (Lipinski definition) is 2. The van der Waals surface area contributed by atoms with Crippen molar-refractivity contribution < 1.29 is 26.0 Å². The molecular formula is C17H17F4NO2S. The zero-order valence-corrected chi connectivity index (χ0v) is 14.4. The number of nitrogens with zero attached hydrogens (tertiary/aromatic N) is 1. The van der Waals surface area contributed by atoms with Crippen LogP contribution in [-0.2, 0) is 10.0 Å². The molecule has 0 bridgehead atoms. The molecule has 136 valence electrons. The van der Waals surface area contributed by atoms with E-state index < -0.39 is 33.3 Å². The van der Waals surface area contributed by atoms with Gasteiger partial charge in [-0.05, 0) is 30.2 Å². The molecule has 0 aliphatic rings. The number of halogens is 4. The Hall–Kier alpha value is -1.93. The van der Waals surface area contributed by atoms with Crippen LogP contribution in [-0.4, -0.2) is 25.9 Å². The predicted molar refractivity (Wildman–Crippen MR) is 86.7 cm³/mol. The van der Waals surface area contributed by atoms with Gasteiger partial charge in [0.1, 0.15) is 5.82 Å². The molecule has 0 N–H and O–H groups in total. The average Bonchev–Trinajstić information content (AvgIpc) is 2.53. The van der Waals surface area contributed by atoms with Crippen LogP contribution in [0.4, 0.5) is 17.6 Å². The molecule has 0 saturated carbocycles. The smallest absolute Gasteiger partial charge is 0.211 e. The molecule has 2 aromatic carbocycles. The molecule has 0 aliphatic heterocycles. The van der Waals surface area contributed by atoms with Gasteiger partial charge in [0.05, 0.1) is 0 Å². The maximum absolute atomic E-state index is 13.5. The summed E-state index contributed by atoms with van der Waals surface area (Å²) in [7, 11) is -3.67. The third-order valence-corrected chi connectivity index (χ3v) is 6.25. The zero-order valence-electron chi connectivity index (χ0n) is 13.5. The molecular weight excluding hydrogens is 358 g/mol. The normalized spacial score (nSPS) is 15.2. The van der Waals surface area contributed by atoms with Crippen LogP contribution in [0.3, 0.4) is 0 Å². The van der Waals surface area contributed by atoms with E-state index in [0.29, 0.717) is 9.87 Å². The van der Waals surface area contributed by atoms with Crippen LogP contribution in [0.15, 0.2) is 54.6 Å². The highest BCUT2D eigenvalue weighted by atomic mass is 32.2. The Labute approximate surface area is 143 Å². The first-order valence-corrected chi connectivity index (χ1v) is 8.89. The highest BCUT2D eigenvalue weighted by Crippen LogP contribution is 2.42. The second kappa shape index (κ2) is 7.13. The van der Waals surface area contributed by atoms with Crippen LogP contribution in [0.25, 0.3) is 0 Å². The van der Waals surface area contributed by atoms with Crippen molar-refractivity contribution in [1.29, 1.82) is 0 Å². The summed E-state index contributed by atoms with van der Waals surface area (Å²) in [6, 6.07) is 10.5. The lowest BCUT2D eigenvalue weighted by Gasteiger charge is -2.30. The summed E-state index contributed by atoms with van der Waals surface area (Å²) in [5.41, 5.74) is 0.0367. The summed E-state index contributed by atoms with van der Waals surface area (Å²) in [5, 5.41) is -2.67. The van der Waals surface area contributed by atoms with Gasteiger partial charge in [-0.15, -0.1) is 0 Å². The molecule has 2 unspecified atom stereocenters. The number of hydrogen-bond donors (Lipinski definition) is 0. The molecule has 0 radical (unpaired) electrons. The summed E-state index contributed by atoms with van der Waals surface area (Å²) in [6.45, 7) is 1.45. The Morgan fingerprint density at radius 1 is 0.920 bits per heavy atom. The Morgan fingerprint density at radius 3 is 1.92 bits per heavy atom. The summed E-state index contributed by atoms with van der Waals surface area (Å²) in [6.07, 6.45) is -4.98. The zero-order chi connectivity index (χ0) is 18.8. The topological polar surface area (TPSA) is 37.4 Å². The highest BCUT2D eigenvalue weighted by Gasteiger charge is 2.51. The SMILES string of the molecule is CC(c1ccc(F)cc1)N(C)S(=O)(=O)C(c1ccccc1)C(F)(F)F. The molecule has 0 saturated heterocycles. The minimum atomic E-state index is -4.98. The van der Waals surface area contributed by atoms with E-state index >= 15 is 0 Å². The second-order valence-corrected chi connectivity index (χ2v) is 7.70. The molecule has 8 heteroatoms. The number of sulfonamides is 1.